The molecule has 0 aromatic rings. The second kappa shape index (κ2) is 14.0. The molecule has 0 radical (unpaired) electrons. The Morgan fingerprint density at radius 1 is 1.07 bits per heavy atom. The maximum atomic E-state index is 12.4. The Labute approximate surface area is 165 Å². The molecule has 0 aromatic heterocycles. The number of guanidine groups is 1. The summed E-state index contributed by atoms with van der Waals surface area (Å²) >= 11 is 0. The highest BCUT2D eigenvalue weighted by molar-refractivity contribution is 5.96. The van der Waals surface area contributed by atoms with E-state index in [-0.39, 0.29) is 24.4 Å². The molecule has 1 atom stereocenters. The maximum absolute atomic E-state index is 12.4. The van der Waals surface area contributed by atoms with E-state index >= 15 is 0 Å². The molecule has 2 N–H and O–H groups in total. The van der Waals surface area contributed by atoms with Crippen LogP contribution >= 0.6 is 0 Å². The van der Waals surface area contributed by atoms with Crippen LogP contribution in [0.1, 0.15) is 81.2 Å². The van der Waals surface area contributed by atoms with Crippen molar-refractivity contribution in [3.8, 4) is 0 Å². The highest BCUT2D eigenvalue weighted by Gasteiger charge is 2.29. The molecule has 0 bridgehead atoms. The van der Waals surface area contributed by atoms with E-state index in [1.807, 2.05) is 0 Å². The van der Waals surface area contributed by atoms with Crippen LogP contribution < -0.4 is 5.32 Å². The summed E-state index contributed by atoms with van der Waals surface area (Å²) in [7, 11) is 0. The molecule has 0 saturated carbocycles. The molecule has 154 valence electrons. The summed E-state index contributed by atoms with van der Waals surface area (Å²) in [5.74, 6) is -2.49. The zero-order chi connectivity index (χ0) is 22.4. The van der Waals surface area contributed by atoms with E-state index in [0.717, 1.165) is 44.9 Å². The lowest BCUT2D eigenvalue weighted by Gasteiger charge is -2.26. The molecule has 0 aliphatic carbocycles. The third kappa shape index (κ3) is 9.96. The number of nitrogens with one attached hydrogen (secondary N) is 2. The molecule has 1 saturated heterocycles. The Hall–Kier alpha value is -2.12. The maximum Gasteiger partial charge on any atom is 0.369 e. The lowest BCUT2D eigenvalue weighted by molar-refractivity contribution is -0.169. The van der Waals surface area contributed by atoms with Gasteiger partial charge in [-0.05, 0) is 12.8 Å². The normalized spacial score (nSPS) is 25.2. The highest BCUT2D eigenvalue weighted by Crippen LogP contribution is 2.12. The number of carbonyl (C=O) groups excluding carboxylic acids is 3. The van der Waals surface area contributed by atoms with Crippen molar-refractivity contribution in [2.75, 3.05) is 13.6 Å². The molecule has 1 rings (SSSR count). The molecule has 27 heavy (non-hydrogen) atoms. The Bertz CT molecular complexity index is 572. The lowest BCUT2D eigenvalue weighted by atomic mass is 10.1. The number of cyclic esters (lactones) is 1. The molecule has 8 heteroatoms. The number of hydrogen-bond donors (Lipinski definition) is 2. The van der Waals surface area contributed by atoms with Gasteiger partial charge in [-0.1, -0.05) is 57.8 Å². The molecule has 1 fully saturated rings. The summed E-state index contributed by atoms with van der Waals surface area (Å²) in [5, 5.41) is 10.2. The van der Waals surface area contributed by atoms with E-state index in [0.29, 0.717) is 12.8 Å². The predicted octanol–water partition coefficient (Wildman–Crippen LogP) is 2.71. The first-order valence-corrected chi connectivity index (χ1v) is 9.71. The van der Waals surface area contributed by atoms with Gasteiger partial charge in [-0.25, -0.2) is 4.79 Å². The van der Waals surface area contributed by atoms with Crippen LogP contribution in [0.3, 0.4) is 0 Å². The predicted molar refractivity (Wildman–Crippen MR) is 101 cm³/mol. The van der Waals surface area contributed by atoms with Gasteiger partial charge in [0.05, 0.1) is 6.61 Å². The van der Waals surface area contributed by atoms with Crippen LogP contribution in [-0.4, -0.2) is 49.0 Å². The lowest BCUT2D eigenvalue weighted by Crippen LogP contribution is -2.50. The van der Waals surface area contributed by atoms with Crippen LogP contribution in [-0.2, 0) is 23.9 Å². The second-order valence-corrected chi connectivity index (χ2v) is 6.66. The van der Waals surface area contributed by atoms with Crippen molar-refractivity contribution >= 4 is 24.3 Å². The fourth-order valence-corrected chi connectivity index (χ4v) is 2.87. The molecule has 1 amide bonds. The van der Waals surface area contributed by atoms with Gasteiger partial charge in [0.25, 0.3) is 12.7 Å². The van der Waals surface area contributed by atoms with Crippen molar-refractivity contribution in [2.45, 2.75) is 83.3 Å². The first-order chi connectivity index (χ1) is 14.3. The molecule has 1 aliphatic heterocycles. The number of hydrogen-bond acceptors (Lipinski definition) is 6. The van der Waals surface area contributed by atoms with Gasteiger partial charge < -0.3 is 14.4 Å². The topological polar surface area (TPSA) is 109 Å². The van der Waals surface area contributed by atoms with Gasteiger partial charge in [0.1, 0.15) is 0 Å². The molecule has 0 spiro atoms. The van der Waals surface area contributed by atoms with Crippen molar-refractivity contribution in [3.63, 3.8) is 0 Å². The molecule has 0 aromatic carbocycles. The number of esters is 1. The van der Waals surface area contributed by atoms with Gasteiger partial charge in [-0.15, -0.1) is 0 Å². The minimum Gasteiger partial charge on any atom is -0.461 e. The number of ether oxygens (including phenoxy) is 2. The SMILES string of the molecule is [2H]C([2H])([2H])N1C(=N)NC(=O)CCCCCCCCCCCCCOC(=O)C1OC=O. The highest BCUT2D eigenvalue weighted by atomic mass is 16.6. The van der Waals surface area contributed by atoms with Crippen LogP contribution in [0.5, 0.6) is 0 Å². The summed E-state index contributed by atoms with van der Waals surface area (Å²) in [6, 6.07) is 0. The van der Waals surface area contributed by atoms with Crippen molar-refractivity contribution in [1.82, 2.24) is 10.2 Å². The fraction of sp³-hybridized carbons (Fsp3) is 0.789. The van der Waals surface area contributed by atoms with Crippen molar-refractivity contribution in [2.24, 2.45) is 0 Å². The van der Waals surface area contributed by atoms with Crippen molar-refractivity contribution in [3.05, 3.63) is 0 Å². The zero-order valence-electron chi connectivity index (χ0n) is 18.8. The van der Waals surface area contributed by atoms with E-state index in [1.165, 1.54) is 12.8 Å². The van der Waals surface area contributed by atoms with E-state index in [9.17, 15) is 14.4 Å². The first-order valence-electron chi connectivity index (χ1n) is 11.2. The summed E-state index contributed by atoms with van der Waals surface area (Å²) < 4.78 is 32.5. The van der Waals surface area contributed by atoms with Gasteiger partial charge >= 0.3 is 5.97 Å². The average molecular weight is 387 g/mol. The van der Waals surface area contributed by atoms with Gasteiger partial charge in [0, 0.05) is 17.5 Å². The van der Waals surface area contributed by atoms with E-state index in [2.05, 4.69) is 10.1 Å². The van der Waals surface area contributed by atoms with Crippen LogP contribution in [0.25, 0.3) is 0 Å². The molecule has 1 heterocycles. The van der Waals surface area contributed by atoms with E-state index in [4.69, 9.17) is 14.3 Å². The largest absolute Gasteiger partial charge is 0.461 e. The number of rotatable bonds is 2. The average Bonchev–Trinajstić information content (AvgIpc) is 2.65. The van der Waals surface area contributed by atoms with Gasteiger partial charge in [0.15, 0.2) is 0 Å². The fourth-order valence-electron chi connectivity index (χ4n) is 2.87. The third-order valence-electron chi connectivity index (χ3n) is 4.41. The van der Waals surface area contributed by atoms with E-state index < -0.39 is 31.0 Å². The Kier molecular flexibility index (Phi) is 9.47. The third-order valence-corrected chi connectivity index (χ3v) is 4.41. The van der Waals surface area contributed by atoms with Crippen molar-refractivity contribution in [1.29, 1.82) is 5.41 Å². The summed E-state index contributed by atoms with van der Waals surface area (Å²) in [6.45, 7) is -3.06. The summed E-state index contributed by atoms with van der Waals surface area (Å²) in [4.78, 5) is 35.6. The Morgan fingerprint density at radius 3 is 2.19 bits per heavy atom. The van der Waals surface area contributed by atoms with Crippen LogP contribution in [0.2, 0.25) is 0 Å². The molecular formula is C19H33N3O5. The number of nitrogens with zero attached hydrogens (tertiary/aromatic N) is 1. The van der Waals surface area contributed by atoms with Gasteiger partial charge in [0.2, 0.25) is 11.9 Å². The number of amides is 1. The number of carbonyl (C=O) groups is 3. The van der Waals surface area contributed by atoms with Crippen LogP contribution in [0, 0.1) is 5.41 Å². The summed E-state index contributed by atoms with van der Waals surface area (Å²) in [5.41, 5.74) is 0. The van der Waals surface area contributed by atoms with Gasteiger partial charge in [-0.2, -0.15) is 0 Å². The number of likely N-dealkylation sites (N-methyl/N-ethyl adjacent to an activating group) is 1. The molecular weight excluding hydrogens is 350 g/mol. The Morgan fingerprint density at radius 2 is 1.63 bits per heavy atom. The summed E-state index contributed by atoms with van der Waals surface area (Å²) in [6.07, 6.45) is 8.85. The van der Waals surface area contributed by atoms with E-state index in [1.54, 1.807) is 0 Å². The smallest absolute Gasteiger partial charge is 0.369 e. The quantitative estimate of drug-likeness (QED) is 0.558. The zero-order valence-corrected chi connectivity index (χ0v) is 15.8. The second-order valence-electron chi connectivity index (χ2n) is 6.66. The minimum absolute atomic E-state index is 0.0477. The van der Waals surface area contributed by atoms with Crippen LogP contribution in [0.4, 0.5) is 0 Å². The standard InChI is InChI=1S/C19H33N3O5/c1-22-17(27-15-23)18(25)26-14-12-10-8-6-4-2-3-5-7-9-11-13-16(24)21-19(22)20/h15,17H,2-14H2,1H3,(H2,20,21,24)/i1D3. The Balaban J connectivity index is 2.88. The minimum atomic E-state index is -3.02. The molecule has 1 aliphatic rings. The molecule has 8 nitrogen and oxygen atoms in total. The molecule has 1 unspecified atom stereocenters. The monoisotopic (exact) mass is 386 g/mol. The van der Waals surface area contributed by atoms with Crippen molar-refractivity contribution < 1.29 is 28.0 Å². The van der Waals surface area contributed by atoms with Crippen LogP contribution in [0.15, 0.2) is 0 Å². The van der Waals surface area contributed by atoms with Gasteiger partial charge in [-0.3, -0.25) is 20.3 Å². The first kappa shape index (κ1) is 18.3.